The molecule has 0 heterocycles. The number of hydrogen-bond acceptors (Lipinski definition) is 1. The molecule has 0 aliphatic carbocycles. The van der Waals surface area contributed by atoms with Crippen LogP contribution in [0.25, 0.3) is 0 Å². The van der Waals surface area contributed by atoms with E-state index in [4.69, 9.17) is 4.74 Å². The summed E-state index contributed by atoms with van der Waals surface area (Å²) < 4.78 is 5.79. The van der Waals surface area contributed by atoms with Gasteiger partial charge in [0.05, 0.1) is 7.11 Å². The maximum atomic E-state index is 5.79. The molecule has 1 aromatic rings. The smallest absolute Gasteiger partial charge is 0.123 e. The van der Waals surface area contributed by atoms with Crippen LogP contribution in [0.1, 0.15) is 65.5 Å². The molecular formula is C26H36O. The van der Waals surface area contributed by atoms with Gasteiger partial charge in [0.1, 0.15) is 5.75 Å². The molecule has 0 saturated heterocycles. The van der Waals surface area contributed by atoms with E-state index in [0.29, 0.717) is 0 Å². The lowest BCUT2D eigenvalue weighted by Crippen LogP contribution is -2.13. The van der Waals surface area contributed by atoms with E-state index in [9.17, 15) is 0 Å². The first-order chi connectivity index (χ1) is 12.6. The number of rotatable bonds is 7. The zero-order chi connectivity index (χ0) is 20.9. The van der Waals surface area contributed by atoms with Crippen molar-refractivity contribution < 1.29 is 4.74 Å². The molecule has 0 N–H and O–H groups in total. The normalized spacial score (nSPS) is 13.6. The molecule has 1 atom stereocenters. The van der Waals surface area contributed by atoms with Gasteiger partial charge in [-0.2, -0.15) is 0 Å². The van der Waals surface area contributed by atoms with Crippen LogP contribution in [0.2, 0.25) is 0 Å². The van der Waals surface area contributed by atoms with E-state index in [1.807, 2.05) is 0 Å². The van der Waals surface area contributed by atoms with Gasteiger partial charge in [-0.3, -0.25) is 0 Å². The Labute approximate surface area is 166 Å². The van der Waals surface area contributed by atoms with Gasteiger partial charge in [0.25, 0.3) is 0 Å². The highest BCUT2D eigenvalue weighted by atomic mass is 16.5. The van der Waals surface area contributed by atoms with Gasteiger partial charge in [-0.05, 0) is 83.7 Å². The van der Waals surface area contributed by atoms with Crippen molar-refractivity contribution in [3.63, 3.8) is 0 Å². The molecule has 1 rings (SSSR count). The Hall–Kier alpha value is -2.28. The van der Waals surface area contributed by atoms with Crippen molar-refractivity contribution in [2.45, 2.75) is 61.3 Å². The van der Waals surface area contributed by atoms with Crippen LogP contribution < -0.4 is 4.74 Å². The van der Waals surface area contributed by atoms with Crippen molar-refractivity contribution >= 4 is 0 Å². The molecule has 27 heavy (non-hydrogen) atoms. The molecule has 0 aliphatic heterocycles. The van der Waals surface area contributed by atoms with E-state index >= 15 is 0 Å². The summed E-state index contributed by atoms with van der Waals surface area (Å²) in [6, 6.07) is 6.45. The molecule has 0 aliphatic rings. The van der Waals surface area contributed by atoms with Gasteiger partial charge in [0.2, 0.25) is 0 Å². The molecule has 0 spiro atoms. The Kier molecular flexibility index (Phi) is 8.09. The second kappa shape index (κ2) is 9.60. The Bertz CT molecular complexity index is 824. The molecular weight excluding hydrogens is 328 g/mol. The van der Waals surface area contributed by atoms with E-state index < -0.39 is 0 Å². The summed E-state index contributed by atoms with van der Waals surface area (Å²) in [5.41, 5.74) is 10.8. The fraction of sp³-hybridized carbons (Fsp3) is 0.385. The number of ether oxygens (including phenoxy) is 1. The second-order valence-electron chi connectivity index (χ2n) is 7.66. The van der Waals surface area contributed by atoms with Crippen LogP contribution in [0.5, 0.6) is 5.75 Å². The average Bonchev–Trinajstić information content (AvgIpc) is 2.59. The summed E-state index contributed by atoms with van der Waals surface area (Å²) in [4.78, 5) is 0. The third-order valence-electron chi connectivity index (χ3n) is 5.16. The third kappa shape index (κ3) is 5.13. The quantitative estimate of drug-likeness (QED) is 0.447. The fourth-order valence-corrected chi connectivity index (χ4v) is 3.69. The Balaban J connectivity index is 4.05. The predicted molar refractivity (Wildman–Crippen MR) is 121 cm³/mol. The average molecular weight is 365 g/mol. The monoisotopic (exact) mass is 364 g/mol. The predicted octanol–water partition coefficient (Wildman–Crippen LogP) is 7.86. The van der Waals surface area contributed by atoms with E-state index in [1.54, 1.807) is 7.11 Å². The van der Waals surface area contributed by atoms with E-state index in [0.717, 1.165) is 22.5 Å². The van der Waals surface area contributed by atoms with Crippen LogP contribution in [0.15, 0.2) is 76.4 Å². The molecule has 0 saturated carbocycles. The summed E-state index contributed by atoms with van der Waals surface area (Å²) in [7, 11) is 1.74. The van der Waals surface area contributed by atoms with Gasteiger partial charge in [0, 0.05) is 11.5 Å². The summed E-state index contributed by atoms with van der Waals surface area (Å²) >= 11 is 0. The SMILES string of the molecule is C=C(C)C(=C(C)C)[C@@H](/C(C(=C)C)=C(C)/C(C)=C\C)c1ccc(C)cc1OC. The van der Waals surface area contributed by atoms with E-state index in [1.165, 1.54) is 33.4 Å². The first kappa shape index (κ1) is 22.8. The van der Waals surface area contributed by atoms with Crippen LogP contribution in [-0.4, -0.2) is 7.11 Å². The van der Waals surface area contributed by atoms with Crippen molar-refractivity contribution in [2.75, 3.05) is 7.11 Å². The third-order valence-corrected chi connectivity index (χ3v) is 5.16. The van der Waals surface area contributed by atoms with Crippen LogP contribution in [0.4, 0.5) is 0 Å². The highest BCUT2D eigenvalue weighted by molar-refractivity contribution is 5.59. The number of benzene rings is 1. The number of aryl methyl sites for hydroxylation is 1. The van der Waals surface area contributed by atoms with Crippen LogP contribution >= 0.6 is 0 Å². The molecule has 146 valence electrons. The van der Waals surface area contributed by atoms with Crippen molar-refractivity contribution in [2.24, 2.45) is 0 Å². The van der Waals surface area contributed by atoms with Crippen molar-refractivity contribution in [3.8, 4) is 5.75 Å². The summed E-state index contributed by atoms with van der Waals surface area (Å²) in [6.45, 7) is 25.6. The topological polar surface area (TPSA) is 9.23 Å². The minimum absolute atomic E-state index is 0.0375. The second-order valence-corrected chi connectivity index (χ2v) is 7.66. The Morgan fingerprint density at radius 3 is 1.93 bits per heavy atom. The van der Waals surface area contributed by atoms with E-state index in [-0.39, 0.29) is 5.92 Å². The van der Waals surface area contributed by atoms with Gasteiger partial charge >= 0.3 is 0 Å². The van der Waals surface area contributed by atoms with E-state index in [2.05, 4.69) is 92.8 Å². The van der Waals surface area contributed by atoms with Gasteiger partial charge in [-0.1, -0.05) is 53.7 Å². The van der Waals surface area contributed by atoms with Crippen molar-refractivity contribution in [1.29, 1.82) is 0 Å². The van der Waals surface area contributed by atoms with Crippen molar-refractivity contribution in [3.05, 3.63) is 87.6 Å². The molecule has 1 heteroatoms. The standard InChI is InChI=1S/C26H36O/c1-12-20(9)21(10)25(18(6)7)26(24(16(2)3)17(4)5)22-14-13-19(8)15-23(22)27-11/h12-15,26H,2,6H2,1,3-5,7-11H3/b20-12-,25-21+/t26-/m0/s1. The van der Waals surface area contributed by atoms with Crippen molar-refractivity contribution in [1.82, 2.24) is 0 Å². The molecule has 0 unspecified atom stereocenters. The van der Waals surface area contributed by atoms with Gasteiger partial charge in [0.15, 0.2) is 0 Å². The van der Waals surface area contributed by atoms with Crippen LogP contribution in [0.3, 0.4) is 0 Å². The molecule has 1 nitrogen and oxygen atoms in total. The molecule has 0 amide bonds. The molecule has 0 aromatic heterocycles. The highest BCUT2D eigenvalue weighted by Crippen LogP contribution is 2.45. The molecule has 0 radical (unpaired) electrons. The molecule has 1 aromatic carbocycles. The number of allylic oxidation sites excluding steroid dienone is 8. The lowest BCUT2D eigenvalue weighted by atomic mass is 9.75. The summed E-state index contributed by atoms with van der Waals surface area (Å²) in [5, 5.41) is 0. The van der Waals surface area contributed by atoms with Gasteiger partial charge < -0.3 is 4.74 Å². The zero-order valence-corrected chi connectivity index (χ0v) is 18.7. The van der Waals surface area contributed by atoms with Gasteiger partial charge in [-0.15, -0.1) is 0 Å². The number of hydrogen-bond donors (Lipinski definition) is 0. The number of methoxy groups -OCH3 is 1. The lowest BCUT2D eigenvalue weighted by molar-refractivity contribution is 0.408. The first-order valence-electron chi connectivity index (χ1n) is 9.54. The Morgan fingerprint density at radius 1 is 0.963 bits per heavy atom. The highest BCUT2D eigenvalue weighted by Gasteiger charge is 2.28. The van der Waals surface area contributed by atoms with Gasteiger partial charge in [-0.25, -0.2) is 0 Å². The molecule has 0 fully saturated rings. The van der Waals surface area contributed by atoms with Crippen LogP contribution in [-0.2, 0) is 0 Å². The van der Waals surface area contributed by atoms with Crippen LogP contribution in [0, 0.1) is 6.92 Å². The molecule has 0 bridgehead atoms. The summed E-state index contributed by atoms with van der Waals surface area (Å²) in [6.07, 6.45) is 2.16. The lowest BCUT2D eigenvalue weighted by Gasteiger charge is -2.30. The maximum Gasteiger partial charge on any atom is 0.123 e. The largest absolute Gasteiger partial charge is 0.496 e. The zero-order valence-electron chi connectivity index (χ0n) is 18.7. The Morgan fingerprint density at radius 2 is 1.52 bits per heavy atom. The maximum absolute atomic E-state index is 5.79. The minimum atomic E-state index is 0.0375. The minimum Gasteiger partial charge on any atom is -0.496 e. The fourth-order valence-electron chi connectivity index (χ4n) is 3.69. The summed E-state index contributed by atoms with van der Waals surface area (Å²) in [5.74, 6) is 0.945. The first-order valence-corrected chi connectivity index (χ1v) is 9.54.